The van der Waals surface area contributed by atoms with Gasteiger partial charge in [-0.3, -0.25) is 9.48 Å². The molecule has 0 bridgehead atoms. The van der Waals surface area contributed by atoms with Gasteiger partial charge in [0.15, 0.2) is 0 Å². The van der Waals surface area contributed by atoms with E-state index in [4.69, 9.17) is 16.7 Å². The monoisotopic (exact) mass is 517 g/mol. The molecule has 1 aromatic carbocycles. The Morgan fingerprint density at radius 3 is 2.58 bits per heavy atom. The Morgan fingerprint density at radius 2 is 1.94 bits per heavy atom. The lowest BCUT2D eigenvalue weighted by Gasteiger charge is -2.05. The molecule has 0 atom stereocenters. The molecule has 7 nitrogen and oxygen atoms in total. The van der Waals surface area contributed by atoms with Gasteiger partial charge in [0, 0.05) is 30.1 Å². The average Bonchev–Trinajstić information content (AvgIpc) is 3.42. The number of carboxylic acid groups (broad SMARTS) is 1. The number of hydrogen-bond donors (Lipinski definition) is 1. The molecular weight excluding hydrogens is 503 g/mol. The number of aromatic nitrogens is 3. The average molecular weight is 518 g/mol. The van der Waals surface area contributed by atoms with Crippen molar-refractivity contribution in [3.8, 4) is 10.6 Å². The molecule has 0 spiro atoms. The van der Waals surface area contributed by atoms with E-state index in [2.05, 4.69) is 5.10 Å². The van der Waals surface area contributed by atoms with E-state index in [1.165, 1.54) is 30.5 Å². The van der Waals surface area contributed by atoms with Crippen LogP contribution in [-0.4, -0.2) is 33.2 Å². The summed E-state index contributed by atoms with van der Waals surface area (Å²) in [6, 6.07) is 8.15. The minimum Gasteiger partial charge on any atom is -0.481 e. The molecule has 0 unspecified atom stereocenters. The summed E-state index contributed by atoms with van der Waals surface area (Å²) in [6.45, 7) is 0. The van der Waals surface area contributed by atoms with Gasteiger partial charge in [-0.05, 0) is 48.4 Å². The fourth-order valence-electron chi connectivity index (χ4n) is 3.42. The molecule has 0 aliphatic heterocycles. The third-order valence-electron chi connectivity index (χ3n) is 4.94. The highest BCUT2D eigenvalue weighted by Crippen LogP contribution is 2.37. The van der Waals surface area contributed by atoms with Crippen molar-refractivity contribution >= 4 is 49.8 Å². The molecule has 0 aliphatic carbocycles. The maximum atomic E-state index is 13.4. The fraction of sp³-hybridized carbons (Fsp3) is 0.200. The first kappa shape index (κ1) is 23.3. The summed E-state index contributed by atoms with van der Waals surface area (Å²) in [4.78, 5) is 11.3. The second-order valence-electron chi connectivity index (χ2n) is 7.17. The van der Waals surface area contributed by atoms with Gasteiger partial charge in [-0.15, -0.1) is 11.3 Å². The Bertz CT molecular complexity index is 1490. The lowest BCUT2D eigenvalue weighted by atomic mass is 10.1. The van der Waals surface area contributed by atoms with Crippen LogP contribution in [0.4, 0.5) is 13.2 Å². The first-order valence-corrected chi connectivity index (χ1v) is 12.0. The van der Waals surface area contributed by atoms with Crippen molar-refractivity contribution in [1.82, 2.24) is 13.8 Å². The Balaban J connectivity index is 1.77. The quantitative estimate of drug-likeness (QED) is 0.387. The number of thiophene rings is 1. The molecule has 0 amide bonds. The van der Waals surface area contributed by atoms with Crippen molar-refractivity contribution in [3.05, 3.63) is 58.9 Å². The van der Waals surface area contributed by atoms with Gasteiger partial charge in [0.25, 0.3) is 10.0 Å². The molecule has 174 valence electrons. The van der Waals surface area contributed by atoms with E-state index in [9.17, 15) is 26.4 Å². The number of carboxylic acids is 1. The minimum absolute atomic E-state index is 0.00238. The third kappa shape index (κ3) is 4.37. The topological polar surface area (TPSA) is 94.2 Å². The van der Waals surface area contributed by atoms with E-state index in [0.717, 1.165) is 28.4 Å². The van der Waals surface area contributed by atoms with Crippen LogP contribution in [-0.2, 0) is 34.5 Å². The van der Waals surface area contributed by atoms with Crippen LogP contribution in [0.5, 0.6) is 0 Å². The van der Waals surface area contributed by atoms with Crippen LogP contribution in [0.15, 0.2) is 46.8 Å². The fourth-order valence-corrected chi connectivity index (χ4v) is 6.34. The molecule has 13 heteroatoms. The Kier molecular flexibility index (Phi) is 5.79. The molecule has 33 heavy (non-hydrogen) atoms. The second-order valence-corrected chi connectivity index (χ2v) is 10.7. The summed E-state index contributed by atoms with van der Waals surface area (Å²) in [5, 5.41) is 13.7. The van der Waals surface area contributed by atoms with Gasteiger partial charge < -0.3 is 5.11 Å². The SMILES string of the molecule is Cn1nc(-c2ccc(S(=O)(=O)n3cc(CCC(=O)O)c4cc(Cl)ccc43)s2)cc1C(F)(F)F. The van der Waals surface area contributed by atoms with Gasteiger partial charge in [0.2, 0.25) is 0 Å². The van der Waals surface area contributed by atoms with E-state index < -0.39 is 27.9 Å². The van der Waals surface area contributed by atoms with Crippen LogP contribution in [0.2, 0.25) is 5.02 Å². The molecular formula is C20H15ClF3N3O4S2. The highest BCUT2D eigenvalue weighted by atomic mass is 35.5. The maximum absolute atomic E-state index is 13.4. The minimum atomic E-state index is -4.59. The van der Waals surface area contributed by atoms with Crippen LogP contribution in [0.1, 0.15) is 17.7 Å². The van der Waals surface area contributed by atoms with E-state index in [-0.39, 0.29) is 27.6 Å². The van der Waals surface area contributed by atoms with Crippen molar-refractivity contribution < 1.29 is 31.5 Å². The molecule has 4 aromatic rings. The number of aliphatic carboxylic acids is 1. The van der Waals surface area contributed by atoms with Crippen molar-refractivity contribution in [2.75, 3.05) is 0 Å². The molecule has 0 fully saturated rings. The van der Waals surface area contributed by atoms with Crippen molar-refractivity contribution in [3.63, 3.8) is 0 Å². The number of fused-ring (bicyclic) bond motifs is 1. The molecule has 0 radical (unpaired) electrons. The maximum Gasteiger partial charge on any atom is 0.433 e. The number of aryl methyl sites for hydroxylation is 2. The van der Waals surface area contributed by atoms with Gasteiger partial charge in [-0.1, -0.05) is 11.6 Å². The Hall–Kier alpha value is -2.83. The van der Waals surface area contributed by atoms with E-state index in [1.54, 1.807) is 6.07 Å². The van der Waals surface area contributed by atoms with E-state index in [0.29, 0.717) is 26.2 Å². The van der Waals surface area contributed by atoms with Gasteiger partial charge >= 0.3 is 12.1 Å². The normalized spacial score (nSPS) is 12.5. The highest BCUT2D eigenvalue weighted by molar-refractivity contribution is 7.92. The van der Waals surface area contributed by atoms with Crippen molar-refractivity contribution in [2.45, 2.75) is 23.2 Å². The summed E-state index contributed by atoms with van der Waals surface area (Å²) in [5.74, 6) is -1.03. The van der Waals surface area contributed by atoms with Crippen LogP contribution in [0, 0.1) is 0 Å². The number of carbonyl (C=O) groups is 1. The van der Waals surface area contributed by atoms with Gasteiger partial charge in [-0.25, -0.2) is 3.97 Å². The zero-order chi connectivity index (χ0) is 24.1. The predicted octanol–water partition coefficient (Wildman–Crippen LogP) is 5.03. The van der Waals surface area contributed by atoms with Crippen LogP contribution in [0.25, 0.3) is 21.5 Å². The largest absolute Gasteiger partial charge is 0.481 e. The molecule has 3 aromatic heterocycles. The van der Waals surface area contributed by atoms with E-state index >= 15 is 0 Å². The number of nitrogens with zero attached hydrogens (tertiary/aromatic N) is 3. The Labute approximate surface area is 194 Å². The number of halogens is 4. The number of rotatable bonds is 6. The predicted molar refractivity (Wildman–Crippen MR) is 117 cm³/mol. The summed E-state index contributed by atoms with van der Waals surface area (Å²) in [7, 11) is -2.97. The number of alkyl halides is 3. The first-order chi connectivity index (χ1) is 15.4. The zero-order valence-corrected chi connectivity index (χ0v) is 19.2. The zero-order valence-electron chi connectivity index (χ0n) is 16.8. The van der Waals surface area contributed by atoms with Gasteiger partial charge in [0.1, 0.15) is 15.6 Å². The standard InChI is InChI=1S/C20H15ClF3N3O4S2/c1-26-17(20(22,23)24)9-14(25-26)16-5-7-19(32-16)33(30,31)27-10-11(2-6-18(28)29)13-8-12(21)3-4-15(13)27/h3-5,7-10H,2,6H2,1H3,(H,28,29). The molecule has 4 rings (SSSR count). The highest BCUT2D eigenvalue weighted by Gasteiger charge is 2.35. The summed E-state index contributed by atoms with van der Waals surface area (Å²) in [6.07, 6.45) is -3.35. The number of hydrogen-bond acceptors (Lipinski definition) is 5. The van der Waals surface area contributed by atoms with Crippen LogP contribution in [0.3, 0.4) is 0 Å². The van der Waals surface area contributed by atoms with Crippen LogP contribution < -0.4 is 0 Å². The molecule has 1 N–H and O–H groups in total. The summed E-state index contributed by atoms with van der Waals surface area (Å²) < 4.78 is 67.6. The van der Waals surface area contributed by atoms with E-state index in [1.807, 2.05) is 0 Å². The molecule has 0 saturated carbocycles. The lowest BCUT2D eigenvalue weighted by molar-refractivity contribution is -0.143. The molecule has 0 saturated heterocycles. The summed E-state index contributed by atoms with van der Waals surface area (Å²) >= 11 is 6.84. The molecule has 3 heterocycles. The second kappa shape index (κ2) is 8.19. The van der Waals surface area contributed by atoms with Crippen molar-refractivity contribution in [1.29, 1.82) is 0 Å². The van der Waals surface area contributed by atoms with Gasteiger partial charge in [0.05, 0.1) is 10.4 Å². The Morgan fingerprint density at radius 1 is 1.21 bits per heavy atom. The smallest absolute Gasteiger partial charge is 0.433 e. The summed E-state index contributed by atoms with van der Waals surface area (Å²) in [5.41, 5.74) is -0.143. The third-order valence-corrected chi connectivity index (χ3v) is 8.42. The lowest BCUT2D eigenvalue weighted by Crippen LogP contribution is -2.11. The van der Waals surface area contributed by atoms with Crippen molar-refractivity contribution in [2.24, 2.45) is 7.05 Å². The van der Waals surface area contributed by atoms with Crippen LogP contribution >= 0.6 is 22.9 Å². The molecule has 0 aliphatic rings. The number of benzene rings is 1. The van der Waals surface area contributed by atoms with Gasteiger partial charge in [-0.2, -0.15) is 26.7 Å². The first-order valence-electron chi connectivity index (χ1n) is 9.36.